The molecule has 1 amide bonds. The van der Waals surface area contributed by atoms with Crippen molar-refractivity contribution in [2.24, 2.45) is 10.9 Å². The maximum absolute atomic E-state index is 13.2. The van der Waals surface area contributed by atoms with Crippen LogP contribution in [0.4, 0.5) is 0 Å². The summed E-state index contributed by atoms with van der Waals surface area (Å²) in [5.74, 6) is 2.01. The van der Waals surface area contributed by atoms with Gasteiger partial charge in [-0.25, -0.2) is 0 Å². The van der Waals surface area contributed by atoms with E-state index < -0.39 is 0 Å². The zero-order valence-electron chi connectivity index (χ0n) is 18.3. The number of hydrogen-bond donors (Lipinski definition) is 0. The minimum absolute atomic E-state index is 0.00232. The highest BCUT2D eigenvalue weighted by atomic mass is 32.1. The molecule has 4 heterocycles. The van der Waals surface area contributed by atoms with Crippen LogP contribution in [-0.2, 0) is 28.9 Å². The lowest BCUT2D eigenvalue weighted by molar-refractivity contribution is -0.139. The topological polar surface area (TPSA) is 72.6 Å². The lowest BCUT2D eigenvalue weighted by Crippen LogP contribution is -2.44. The monoisotopic (exact) mass is 447 g/mol. The minimum Gasteiger partial charge on any atom is -0.378 e. The molecule has 0 radical (unpaired) electrons. The second-order valence-corrected chi connectivity index (χ2v) is 9.79. The van der Waals surface area contributed by atoms with Crippen LogP contribution in [0.2, 0.25) is 0 Å². The van der Waals surface area contributed by atoms with Crippen LogP contribution in [0, 0.1) is 19.8 Å². The molecule has 1 atom stereocenters. The third-order valence-corrected chi connectivity index (χ3v) is 7.98. The molecule has 1 aliphatic carbocycles. The summed E-state index contributed by atoms with van der Waals surface area (Å²) in [4.78, 5) is 21.6. The molecule has 32 heavy (non-hydrogen) atoms. The number of morpholine rings is 1. The van der Waals surface area contributed by atoms with Crippen LogP contribution in [0.5, 0.6) is 0 Å². The van der Waals surface area contributed by atoms with Crippen LogP contribution in [-0.4, -0.2) is 57.6 Å². The van der Waals surface area contributed by atoms with E-state index in [1.54, 1.807) is 11.3 Å². The van der Waals surface area contributed by atoms with Crippen LogP contribution in [0.3, 0.4) is 0 Å². The fraction of sp³-hybridized carbons (Fsp3) is 0.417. The van der Waals surface area contributed by atoms with Crippen molar-refractivity contribution in [2.45, 2.75) is 33.2 Å². The number of ether oxygens (including phenoxy) is 1. The van der Waals surface area contributed by atoms with Crippen LogP contribution >= 0.6 is 11.3 Å². The third-order valence-electron chi connectivity index (χ3n) is 6.74. The number of benzene rings is 1. The summed E-state index contributed by atoms with van der Waals surface area (Å²) in [5.41, 5.74) is 5.80. The number of amides is 1. The summed E-state index contributed by atoms with van der Waals surface area (Å²) >= 11 is 1.78. The molecule has 1 fully saturated rings. The largest absolute Gasteiger partial charge is 0.378 e. The minimum atomic E-state index is 0.00232. The second-order valence-electron chi connectivity index (χ2n) is 8.71. The molecule has 2 aromatic heterocycles. The van der Waals surface area contributed by atoms with Crippen molar-refractivity contribution in [1.29, 1.82) is 0 Å². The zero-order chi connectivity index (χ0) is 21.8. The molecule has 0 saturated carbocycles. The Morgan fingerprint density at radius 1 is 1.12 bits per heavy atom. The van der Waals surface area contributed by atoms with E-state index in [1.807, 2.05) is 11.8 Å². The first-order valence-electron chi connectivity index (χ1n) is 11.1. The molecule has 3 aromatic rings. The second kappa shape index (κ2) is 7.64. The third kappa shape index (κ3) is 3.04. The maximum Gasteiger partial charge on any atom is 0.226 e. The SMILES string of the molecule is Cc1ccccc1C1=NCc2nnc(C)n2-c2sc3c(c21)CC(C(=O)N1CCOCC1)C3. The molecule has 8 heteroatoms. The number of carbonyl (C=O) groups excluding carboxylic acids is 1. The number of carbonyl (C=O) groups is 1. The van der Waals surface area contributed by atoms with Crippen LogP contribution in [0.25, 0.3) is 5.00 Å². The van der Waals surface area contributed by atoms with E-state index in [2.05, 4.69) is 46.0 Å². The lowest BCUT2D eigenvalue weighted by Gasteiger charge is -2.29. The highest BCUT2D eigenvalue weighted by Gasteiger charge is 2.38. The Hall–Kier alpha value is -2.84. The highest BCUT2D eigenvalue weighted by Crippen LogP contribution is 2.43. The highest BCUT2D eigenvalue weighted by molar-refractivity contribution is 7.15. The maximum atomic E-state index is 13.2. The average Bonchev–Trinajstić information content (AvgIpc) is 3.45. The number of hydrogen-bond acceptors (Lipinski definition) is 6. The van der Waals surface area contributed by atoms with Crippen LogP contribution in [0.15, 0.2) is 29.3 Å². The van der Waals surface area contributed by atoms with Gasteiger partial charge in [-0.05, 0) is 37.8 Å². The predicted molar refractivity (Wildman–Crippen MR) is 123 cm³/mol. The van der Waals surface area contributed by atoms with Gasteiger partial charge in [0.15, 0.2) is 5.82 Å². The Bertz CT molecular complexity index is 1250. The lowest BCUT2D eigenvalue weighted by atomic mass is 9.95. The predicted octanol–water partition coefficient (Wildman–Crippen LogP) is 2.87. The van der Waals surface area contributed by atoms with Gasteiger partial charge in [-0.1, -0.05) is 24.3 Å². The van der Waals surface area contributed by atoms with E-state index in [9.17, 15) is 4.79 Å². The van der Waals surface area contributed by atoms with Gasteiger partial charge in [0.05, 0.1) is 18.9 Å². The van der Waals surface area contributed by atoms with Gasteiger partial charge in [0.1, 0.15) is 17.4 Å². The van der Waals surface area contributed by atoms with Crippen molar-refractivity contribution >= 4 is 23.0 Å². The standard InChI is InChI=1S/C24H25N5O2S/c1-14-5-3-4-6-17(14)22-21-18-11-16(23(30)28-7-9-31-10-8-28)12-19(18)32-24(21)29-15(2)26-27-20(29)13-25-22/h3-6,16H,7-13H2,1-2H3. The normalized spacial score (nSPS) is 19.8. The van der Waals surface area contributed by atoms with Gasteiger partial charge >= 0.3 is 0 Å². The number of aliphatic imine (C=N–C) groups is 1. The summed E-state index contributed by atoms with van der Waals surface area (Å²) in [7, 11) is 0. The van der Waals surface area contributed by atoms with Crippen molar-refractivity contribution in [3.63, 3.8) is 0 Å². The molecule has 0 N–H and O–H groups in total. The van der Waals surface area contributed by atoms with E-state index in [0.717, 1.165) is 40.8 Å². The molecule has 7 nitrogen and oxygen atoms in total. The van der Waals surface area contributed by atoms with E-state index in [-0.39, 0.29) is 11.8 Å². The molecule has 1 aromatic carbocycles. The van der Waals surface area contributed by atoms with Crippen LogP contribution < -0.4 is 0 Å². The Labute approximate surface area is 190 Å². The fourth-order valence-electron chi connectivity index (χ4n) is 5.10. The Kier molecular flexibility index (Phi) is 4.73. The van der Waals surface area contributed by atoms with Crippen molar-refractivity contribution in [1.82, 2.24) is 19.7 Å². The number of thiophene rings is 1. The van der Waals surface area contributed by atoms with Gasteiger partial charge < -0.3 is 9.64 Å². The van der Waals surface area contributed by atoms with Gasteiger partial charge in [-0.15, -0.1) is 21.5 Å². The first kappa shape index (κ1) is 19.8. The average molecular weight is 448 g/mol. The van der Waals surface area contributed by atoms with Gasteiger partial charge in [0, 0.05) is 35.0 Å². The summed E-state index contributed by atoms with van der Waals surface area (Å²) in [6.07, 6.45) is 1.56. The van der Waals surface area contributed by atoms with E-state index in [0.29, 0.717) is 32.8 Å². The van der Waals surface area contributed by atoms with Gasteiger partial charge in [0.2, 0.25) is 5.91 Å². The smallest absolute Gasteiger partial charge is 0.226 e. The Morgan fingerprint density at radius 2 is 1.94 bits per heavy atom. The first-order chi connectivity index (χ1) is 15.6. The van der Waals surface area contributed by atoms with Crippen molar-refractivity contribution in [2.75, 3.05) is 26.3 Å². The van der Waals surface area contributed by atoms with E-state index >= 15 is 0 Å². The molecular weight excluding hydrogens is 422 g/mol. The number of rotatable bonds is 2. The van der Waals surface area contributed by atoms with Crippen LogP contribution in [0.1, 0.15) is 38.8 Å². The summed E-state index contributed by atoms with van der Waals surface area (Å²) < 4.78 is 7.60. The molecule has 1 unspecified atom stereocenters. The van der Waals surface area contributed by atoms with Crippen molar-refractivity contribution in [3.8, 4) is 5.00 Å². The number of aryl methyl sites for hydroxylation is 2. The molecule has 6 rings (SSSR count). The van der Waals surface area contributed by atoms with Crippen molar-refractivity contribution in [3.05, 3.63) is 63.0 Å². The molecule has 164 valence electrons. The first-order valence-corrected chi connectivity index (χ1v) is 12.0. The number of aromatic nitrogens is 3. The van der Waals surface area contributed by atoms with E-state index in [4.69, 9.17) is 9.73 Å². The summed E-state index contributed by atoms with van der Waals surface area (Å²) in [6.45, 7) is 7.28. The van der Waals surface area contributed by atoms with E-state index in [1.165, 1.54) is 21.6 Å². The molecule has 0 spiro atoms. The molecule has 1 saturated heterocycles. The number of nitrogens with zero attached hydrogens (tertiary/aromatic N) is 5. The van der Waals surface area contributed by atoms with Crippen molar-refractivity contribution < 1.29 is 9.53 Å². The molecule has 3 aliphatic rings. The zero-order valence-corrected chi connectivity index (χ0v) is 19.1. The quantitative estimate of drug-likeness (QED) is 0.606. The van der Waals surface area contributed by atoms with Gasteiger partial charge in [-0.2, -0.15) is 0 Å². The van der Waals surface area contributed by atoms with Gasteiger partial charge in [-0.3, -0.25) is 14.4 Å². The number of fused-ring (bicyclic) bond motifs is 5. The molecule has 0 bridgehead atoms. The Morgan fingerprint density at radius 3 is 2.75 bits per heavy atom. The summed E-state index contributed by atoms with van der Waals surface area (Å²) in [5, 5.41) is 9.85. The Balaban J connectivity index is 1.45. The summed E-state index contributed by atoms with van der Waals surface area (Å²) in [6, 6.07) is 8.40. The van der Waals surface area contributed by atoms with Gasteiger partial charge in [0.25, 0.3) is 0 Å². The molecule has 2 aliphatic heterocycles. The fourth-order valence-corrected chi connectivity index (χ4v) is 6.58. The molecular formula is C24H25N5O2S.